The van der Waals surface area contributed by atoms with Gasteiger partial charge < -0.3 is 5.32 Å². The number of halogens is 2. The summed E-state index contributed by atoms with van der Waals surface area (Å²) in [5.41, 5.74) is 1.21. The Bertz CT molecular complexity index is 717. The van der Waals surface area contributed by atoms with Crippen LogP contribution in [0.5, 0.6) is 0 Å². The topological polar surface area (TPSA) is 72.2 Å². The van der Waals surface area contributed by atoms with Crippen LogP contribution in [0.2, 0.25) is 10.0 Å². The van der Waals surface area contributed by atoms with Crippen molar-refractivity contribution >= 4 is 40.5 Å². The first kappa shape index (κ1) is 16.3. The van der Waals surface area contributed by atoms with Crippen LogP contribution in [0.15, 0.2) is 42.5 Å². The summed E-state index contributed by atoms with van der Waals surface area (Å²) >= 11 is 11.7. The summed E-state index contributed by atoms with van der Waals surface area (Å²) in [7, 11) is 0. The van der Waals surface area contributed by atoms with Crippen LogP contribution in [0.25, 0.3) is 0 Å². The molecule has 0 fully saturated rings. The van der Waals surface area contributed by atoms with Crippen LogP contribution in [0, 0.1) is 10.1 Å². The minimum absolute atomic E-state index is 0.0131. The second-order valence-corrected chi connectivity index (χ2v) is 5.50. The van der Waals surface area contributed by atoms with Crippen LogP contribution in [0.1, 0.15) is 18.4 Å². The number of nitro benzene ring substituents is 1. The average molecular weight is 339 g/mol. The van der Waals surface area contributed by atoms with Gasteiger partial charge in [0.25, 0.3) is 5.69 Å². The maximum absolute atomic E-state index is 12.2. The lowest BCUT2D eigenvalue weighted by atomic mass is 10.00. The summed E-state index contributed by atoms with van der Waals surface area (Å²) < 4.78 is 0. The largest absolute Gasteiger partial charge is 0.326 e. The van der Waals surface area contributed by atoms with Crippen molar-refractivity contribution in [3.63, 3.8) is 0 Å². The first-order chi connectivity index (χ1) is 10.4. The van der Waals surface area contributed by atoms with Crippen molar-refractivity contribution in [3.05, 3.63) is 68.2 Å². The highest BCUT2D eigenvalue weighted by molar-refractivity contribution is 6.42. The summed E-state index contributed by atoms with van der Waals surface area (Å²) in [6.45, 7) is 1.72. The van der Waals surface area contributed by atoms with Crippen molar-refractivity contribution in [3.8, 4) is 0 Å². The van der Waals surface area contributed by atoms with Gasteiger partial charge in [-0.15, -0.1) is 0 Å². The van der Waals surface area contributed by atoms with Gasteiger partial charge in [0.15, 0.2) is 0 Å². The maximum atomic E-state index is 12.2. The van der Waals surface area contributed by atoms with Gasteiger partial charge in [0.05, 0.1) is 20.9 Å². The Hall–Kier alpha value is -2.11. The molecular weight excluding hydrogens is 327 g/mol. The van der Waals surface area contributed by atoms with Crippen LogP contribution in [0.4, 0.5) is 11.4 Å². The number of nitrogens with zero attached hydrogens (tertiary/aromatic N) is 1. The highest BCUT2D eigenvalue weighted by Crippen LogP contribution is 2.26. The van der Waals surface area contributed by atoms with Gasteiger partial charge in [0.1, 0.15) is 0 Å². The first-order valence-corrected chi connectivity index (χ1v) is 7.14. The Morgan fingerprint density at radius 1 is 1.14 bits per heavy atom. The van der Waals surface area contributed by atoms with Crippen LogP contribution < -0.4 is 5.32 Å². The van der Waals surface area contributed by atoms with Crippen LogP contribution in [-0.2, 0) is 4.79 Å². The zero-order valence-electron chi connectivity index (χ0n) is 11.5. The summed E-state index contributed by atoms with van der Waals surface area (Å²) in [5.74, 6) is -0.706. The molecule has 1 amide bonds. The zero-order valence-corrected chi connectivity index (χ0v) is 13.1. The summed E-state index contributed by atoms with van der Waals surface area (Å²) in [4.78, 5) is 22.3. The van der Waals surface area contributed by atoms with Crippen LogP contribution in [0.3, 0.4) is 0 Å². The monoisotopic (exact) mass is 338 g/mol. The molecule has 0 aliphatic carbocycles. The second kappa shape index (κ2) is 6.77. The number of hydrogen-bond acceptors (Lipinski definition) is 3. The molecule has 1 N–H and O–H groups in total. The van der Waals surface area contributed by atoms with E-state index in [2.05, 4.69) is 5.32 Å². The van der Waals surface area contributed by atoms with Crippen LogP contribution in [-0.4, -0.2) is 10.8 Å². The lowest BCUT2D eigenvalue weighted by molar-refractivity contribution is -0.384. The van der Waals surface area contributed by atoms with Gasteiger partial charge in [-0.05, 0) is 30.7 Å². The molecule has 0 saturated carbocycles. The van der Waals surface area contributed by atoms with E-state index in [9.17, 15) is 14.9 Å². The normalized spacial score (nSPS) is 11.8. The van der Waals surface area contributed by atoms with E-state index in [4.69, 9.17) is 23.2 Å². The number of non-ortho nitro benzene ring substituents is 1. The predicted molar refractivity (Wildman–Crippen MR) is 86.6 cm³/mol. The van der Waals surface area contributed by atoms with E-state index in [1.54, 1.807) is 37.3 Å². The minimum Gasteiger partial charge on any atom is -0.326 e. The van der Waals surface area contributed by atoms with Crippen molar-refractivity contribution < 1.29 is 9.72 Å². The molecule has 114 valence electrons. The Kier molecular flexibility index (Phi) is 5.00. The summed E-state index contributed by atoms with van der Waals surface area (Å²) in [5, 5.41) is 14.1. The van der Waals surface area contributed by atoms with E-state index in [1.807, 2.05) is 0 Å². The smallest absolute Gasteiger partial charge is 0.269 e. The number of nitrogens with one attached hydrogen (secondary N) is 1. The SMILES string of the molecule is C[C@@H](C(=O)Nc1ccc(Cl)c(Cl)c1)c1ccc([N+](=O)[O-])cc1. The quantitative estimate of drug-likeness (QED) is 0.651. The van der Waals surface area contributed by atoms with E-state index < -0.39 is 10.8 Å². The van der Waals surface area contributed by atoms with Gasteiger partial charge in [-0.25, -0.2) is 0 Å². The predicted octanol–water partition coefficient (Wildman–Crippen LogP) is 4.64. The highest BCUT2D eigenvalue weighted by Gasteiger charge is 2.17. The fourth-order valence-corrected chi connectivity index (χ4v) is 2.16. The number of benzene rings is 2. The first-order valence-electron chi connectivity index (χ1n) is 6.38. The van der Waals surface area contributed by atoms with Crippen molar-refractivity contribution in [2.75, 3.05) is 5.32 Å². The molecule has 22 heavy (non-hydrogen) atoms. The number of carbonyl (C=O) groups is 1. The van der Waals surface area contributed by atoms with E-state index in [1.165, 1.54) is 12.1 Å². The number of carbonyl (C=O) groups excluding carboxylic acids is 1. The molecule has 0 bridgehead atoms. The lowest BCUT2D eigenvalue weighted by Crippen LogP contribution is -2.18. The number of amides is 1. The fourth-order valence-electron chi connectivity index (χ4n) is 1.86. The van der Waals surface area contributed by atoms with Crippen molar-refractivity contribution in [2.45, 2.75) is 12.8 Å². The summed E-state index contributed by atoms with van der Waals surface area (Å²) in [6.07, 6.45) is 0. The second-order valence-electron chi connectivity index (χ2n) is 4.69. The molecule has 2 aromatic rings. The molecule has 0 unspecified atom stereocenters. The Balaban J connectivity index is 2.11. The fraction of sp³-hybridized carbons (Fsp3) is 0.133. The molecule has 0 heterocycles. The molecule has 2 aromatic carbocycles. The maximum Gasteiger partial charge on any atom is 0.269 e. The van der Waals surface area contributed by atoms with Gasteiger partial charge in [-0.3, -0.25) is 14.9 Å². The Morgan fingerprint density at radius 3 is 2.32 bits per heavy atom. The molecule has 0 aliphatic heterocycles. The number of rotatable bonds is 4. The third kappa shape index (κ3) is 3.75. The van der Waals surface area contributed by atoms with Gasteiger partial charge in [0, 0.05) is 17.8 Å². The Labute approximate surface area is 137 Å². The Morgan fingerprint density at radius 2 is 1.77 bits per heavy atom. The lowest BCUT2D eigenvalue weighted by Gasteiger charge is -2.13. The molecular formula is C15H12Cl2N2O3. The van der Waals surface area contributed by atoms with Crippen molar-refractivity contribution in [2.24, 2.45) is 0 Å². The highest BCUT2D eigenvalue weighted by atomic mass is 35.5. The molecule has 0 saturated heterocycles. The third-order valence-corrected chi connectivity index (χ3v) is 3.92. The minimum atomic E-state index is -0.482. The molecule has 5 nitrogen and oxygen atoms in total. The van der Waals surface area contributed by atoms with Crippen molar-refractivity contribution in [1.29, 1.82) is 0 Å². The van der Waals surface area contributed by atoms with Gasteiger partial charge >= 0.3 is 0 Å². The van der Waals surface area contributed by atoms with Gasteiger partial charge in [-0.1, -0.05) is 35.3 Å². The van der Waals surface area contributed by atoms with Crippen LogP contribution >= 0.6 is 23.2 Å². The molecule has 0 aliphatic rings. The number of hydrogen-bond donors (Lipinski definition) is 1. The van der Waals surface area contributed by atoms with E-state index >= 15 is 0 Å². The van der Waals surface area contributed by atoms with E-state index in [0.717, 1.165) is 0 Å². The van der Waals surface area contributed by atoms with E-state index in [-0.39, 0.29) is 11.6 Å². The van der Waals surface area contributed by atoms with Gasteiger partial charge in [-0.2, -0.15) is 0 Å². The summed E-state index contributed by atoms with van der Waals surface area (Å²) in [6, 6.07) is 10.7. The molecule has 0 radical (unpaired) electrons. The third-order valence-electron chi connectivity index (χ3n) is 3.18. The number of nitro groups is 1. The molecule has 7 heteroatoms. The molecule has 0 aromatic heterocycles. The van der Waals surface area contributed by atoms with E-state index in [0.29, 0.717) is 21.3 Å². The van der Waals surface area contributed by atoms with Crippen molar-refractivity contribution in [1.82, 2.24) is 0 Å². The molecule has 2 rings (SSSR count). The average Bonchev–Trinajstić information content (AvgIpc) is 2.50. The van der Waals surface area contributed by atoms with Gasteiger partial charge in [0.2, 0.25) is 5.91 Å². The molecule has 0 spiro atoms. The zero-order chi connectivity index (χ0) is 16.3. The standard InChI is InChI=1S/C15H12Cl2N2O3/c1-9(10-2-5-12(6-3-10)19(21)22)15(20)18-11-4-7-13(16)14(17)8-11/h2-9H,1H3,(H,18,20)/t9-/m1/s1. The molecule has 1 atom stereocenters. The number of anilines is 1.